The van der Waals surface area contributed by atoms with Crippen molar-refractivity contribution in [3.05, 3.63) is 29.8 Å². The van der Waals surface area contributed by atoms with Crippen molar-refractivity contribution in [2.75, 3.05) is 13.7 Å². The molecule has 0 saturated heterocycles. The lowest BCUT2D eigenvalue weighted by atomic mass is 9.82. The Labute approximate surface area is 178 Å². The predicted octanol–water partition coefficient (Wildman–Crippen LogP) is 1.76. The number of aliphatic hydroxyl groups excluding tert-OH is 3. The molecule has 0 fully saturated rings. The van der Waals surface area contributed by atoms with E-state index in [1.165, 1.54) is 19.2 Å². The summed E-state index contributed by atoms with van der Waals surface area (Å²) in [5.74, 6) is -1.93. The van der Waals surface area contributed by atoms with E-state index < -0.39 is 48.0 Å². The number of aliphatic hydroxyl groups is 3. The van der Waals surface area contributed by atoms with Gasteiger partial charge in [-0.1, -0.05) is 19.1 Å². The van der Waals surface area contributed by atoms with E-state index in [9.17, 15) is 25.2 Å². The molecule has 1 aromatic rings. The molecule has 0 heterocycles. The molecule has 0 aliphatic heterocycles. The summed E-state index contributed by atoms with van der Waals surface area (Å²) in [5, 5.41) is 40.6. The number of carbonyl (C=O) groups is 1. The van der Waals surface area contributed by atoms with E-state index in [2.05, 4.69) is 0 Å². The SMILES string of the molecule is CCC(C)(C)O[C@H](CO)C(O)C(O)C(C(=O)OCc1ccc(O)cc1)C(C)(C)OC. The fourth-order valence-corrected chi connectivity index (χ4v) is 2.92. The van der Waals surface area contributed by atoms with Crippen LogP contribution in [0.5, 0.6) is 5.75 Å². The molecule has 0 aromatic heterocycles. The highest BCUT2D eigenvalue weighted by atomic mass is 16.5. The molecule has 3 unspecified atom stereocenters. The fraction of sp³-hybridized carbons (Fsp3) is 0.682. The molecular weight excluding hydrogens is 392 g/mol. The first-order valence-electron chi connectivity index (χ1n) is 10.0. The van der Waals surface area contributed by atoms with Crippen molar-refractivity contribution in [3.8, 4) is 5.75 Å². The van der Waals surface area contributed by atoms with Crippen LogP contribution in [0.4, 0.5) is 0 Å². The van der Waals surface area contributed by atoms with Gasteiger partial charge in [0.25, 0.3) is 0 Å². The Balaban J connectivity index is 3.02. The molecule has 172 valence electrons. The highest BCUT2D eigenvalue weighted by molar-refractivity contribution is 5.74. The molecule has 0 spiro atoms. The van der Waals surface area contributed by atoms with Crippen molar-refractivity contribution in [1.29, 1.82) is 0 Å². The molecule has 4 atom stereocenters. The van der Waals surface area contributed by atoms with Gasteiger partial charge in [-0.15, -0.1) is 0 Å². The average molecular weight is 429 g/mol. The van der Waals surface area contributed by atoms with Gasteiger partial charge in [-0.3, -0.25) is 4.79 Å². The van der Waals surface area contributed by atoms with Gasteiger partial charge in [-0.2, -0.15) is 0 Å². The molecular formula is C22H36O8. The van der Waals surface area contributed by atoms with Crippen LogP contribution >= 0.6 is 0 Å². The molecule has 0 aliphatic carbocycles. The van der Waals surface area contributed by atoms with Gasteiger partial charge in [0.2, 0.25) is 0 Å². The van der Waals surface area contributed by atoms with Crippen LogP contribution in [0, 0.1) is 5.92 Å². The van der Waals surface area contributed by atoms with Crippen LogP contribution in [0.3, 0.4) is 0 Å². The predicted molar refractivity (Wildman–Crippen MR) is 111 cm³/mol. The van der Waals surface area contributed by atoms with Crippen LogP contribution in [-0.2, 0) is 25.6 Å². The van der Waals surface area contributed by atoms with Gasteiger partial charge in [-0.25, -0.2) is 0 Å². The van der Waals surface area contributed by atoms with Crippen molar-refractivity contribution in [3.63, 3.8) is 0 Å². The molecule has 8 heteroatoms. The van der Waals surface area contributed by atoms with Gasteiger partial charge in [0, 0.05) is 7.11 Å². The zero-order valence-electron chi connectivity index (χ0n) is 18.7. The van der Waals surface area contributed by atoms with Crippen LogP contribution in [0.1, 0.15) is 46.6 Å². The third-order valence-electron chi connectivity index (χ3n) is 5.42. The van der Waals surface area contributed by atoms with Crippen LogP contribution in [0.2, 0.25) is 0 Å². The summed E-state index contributed by atoms with van der Waals surface area (Å²) in [6, 6.07) is 6.15. The molecule has 1 rings (SSSR count). The van der Waals surface area contributed by atoms with Gasteiger partial charge in [0.1, 0.15) is 30.5 Å². The number of aromatic hydroxyl groups is 1. The Hall–Kier alpha value is -1.71. The van der Waals surface area contributed by atoms with Crippen LogP contribution < -0.4 is 0 Å². The lowest BCUT2D eigenvalue weighted by Crippen LogP contribution is -2.55. The lowest BCUT2D eigenvalue weighted by molar-refractivity contribution is -0.196. The molecule has 0 bridgehead atoms. The molecule has 0 saturated carbocycles. The summed E-state index contributed by atoms with van der Waals surface area (Å²) in [6.07, 6.45) is -3.65. The Morgan fingerprint density at radius 1 is 1.07 bits per heavy atom. The van der Waals surface area contributed by atoms with E-state index in [4.69, 9.17) is 14.2 Å². The minimum atomic E-state index is -1.61. The number of esters is 1. The highest BCUT2D eigenvalue weighted by Gasteiger charge is 2.47. The second-order valence-corrected chi connectivity index (χ2v) is 8.49. The van der Waals surface area contributed by atoms with E-state index in [1.807, 2.05) is 6.92 Å². The maximum Gasteiger partial charge on any atom is 0.314 e. The average Bonchev–Trinajstić information content (AvgIpc) is 2.71. The first kappa shape index (κ1) is 26.3. The number of carbonyl (C=O) groups excluding carboxylic acids is 1. The minimum Gasteiger partial charge on any atom is -0.508 e. The van der Waals surface area contributed by atoms with Crippen molar-refractivity contribution >= 4 is 5.97 Å². The van der Waals surface area contributed by atoms with Gasteiger partial charge in [0.15, 0.2) is 0 Å². The van der Waals surface area contributed by atoms with Crippen LogP contribution in [0.25, 0.3) is 0 Å². The summed E-state index contributed by atoms with van der Waals surface area (Å²) < 4.78 is 16.5. The Bertz CT molecular complexity index is 656. The number of methoxy groups -OCH3 is 1. The molecule has 8 nitrogen and oxygen atoms in total. The number of phenols is 1. The maximum absolute atomic E-state index is 12.9. The maximum atomic E-state index is 12.9. The summed E-state index contributed by atoms with van der Waals surface area (Å²) in [5.41, 5.74) is -1.17. The highest BCUT2D eigenvalue weighted by Crippen LogP contribution is 2.30. The van der Waals surface area contributed by atoms with E-state index in [0.29, 0.717) is 12.0 Å². The van der Waals surface area contributed by atoms with Crippen LogP contribution in [0.15, 0.2) is 24.3 Å². The summed E-state index contributed by atoms with van der Waals surface area (Å²) in [6.45, 7) is 8.08. The third kappa shape index (κ3) is 7.21. The molecule has 4 N–H and O–H groups in total. The monoisotopic (exact) mass is 428 g/mol. The Kier molecular flexibility index (Phi) is 9.71. The Morgan fingerprint density at radius 3 is 2.10 bits per heavy atom. The van der Waals surface area contributed by atoms with Crippen molar-refractivity contribution in [1.82, 2.24) is 0 Å². The number of ether oxygens (including phenoxy) is 3. The topological polar surface area (TPSA) is 126 Å². The molecule has 0 amide bonds. The molecule has 0 aliphatic rings. The first-order valence-corrected chi connectivity index (χ1v) is 10.0. The largest absolute Gasteiger partial charge is 0.508 e. The van der Waals surface area contributed by atoms with E-state index in [0.717, 1.165) is 0 Å². The number of phenolic OH excluding ortho intramolecular Hbond substituents is 1. The third-order valence-corrected chi connectivity index (χ3v) is 5.42. The van der Waals surface area contributed by atoms with Crippen molar-refractivity contribution < 1.29 is 39.4 Å². The molecule has 1 aromatic carbocycles. The fourth-order valence-electron chi connectivity index (χ4n) is 2.92. The molecule has 30 heavy (non-hydrogen) atoms. The smallest absolute Gasteiger partial charge is 0.314 e. The zero-order chi connectivity index (χ0) is 23.1. The number of rotatable bonds is 12. The van der Waals surface area contributed by atoms with Gasteiger partial charge in [-0.05, 0) is 51.8 Å². The number of hydrogen-bond donors (Lipinski definition) is 4. The standard InChI is InChI=1S/C22H36O8/c1-7-21(2,3)30-16(12-23)18(25)19(26)17(22(4,5)28-6)20(27)29-13-14-8-10-15(24)11-9-14/h8-11,16-19,23-26H,7,12-13H2,1-6H3/t16-,17?,18?,19?/m1/s1. The van der Waals surface area contributed by atoms with Gasteiger partial charge >= 0.3 is 5.97 Å². The van der Waals surface area contributed by atoms with E-state index in [1.54, 1.807) is 39.8 Å². The second kappa shape index (κ2) is 11.1. The Morgan fingerprint density at radius 2 is 1.63 bits per heavy atom. The number of hydrogen-bond acceptors (Lipinski definition) is 8. The quantitative estimate of drug-likeness (QED) is 0.371. The molecule has 0 radical (unpaired) electrons. The first-order chi connectivity index (χ1) is 13.9. The van der Waals surface area contributed by atoms with Crippen molar-refractivity contribution in [2.24, 2.45) is 5.92 Å². The summed E-state index contributed by atoms with van der Waals surface area (Å²) in [7, 11) is 1.39. The van der Waals surface area contributed by atoms with Gasteiger partial charge in [0.05, 0.1) is 23.9 Å². The summed E-state index contributed by atoms with van der Waals surface area (Å²) >= 11 is 0. The van der Waals surface area contributed by atoms with E-state index in [-0.39, 0.29) is 12.4 Å². The normalized spacial score (nSPS) is 16.6. The lowest BCUT2D eigenvalue weighted by Gasteiger charge is -2.39. The van der Waals surface area contributed by atoms with Gasteiger partial charge < -0.3 is 34.6 Å². The summed E-state index contributed by atoms with van der Waals surface area (Å²) in [4.78, 5) is 12.9. The number of benzene rings is 1. The minimum absolute atomic E-state index is 0.0823. The van der Waals surface area contributed by atoms with Crippen LogP contribution in [-0.4, -0.2) is 69.6 Å². The zero-order valence-corrected chi connectivity index (χ0v) is 18.7. The van der Waals surface area contributed by atoms with E-state index >= 15 is 0 Å². The second-order valence-electron chi connectivity index (χ2n) is 8.49. The van der Waals surface area contributed by atoms with Crippen molar-refractivity contribution in [2.45, 2.75) is 77.2 Å².